The minimum atomic E-state index is -0.545. The SMILES string of the molecule is c1ccc(C2(c3ccc4ccccc4c3)c3ccccc3-c3c(-c4ccccc4N(c4ccc(-c5cccc6ccccc56)cc4)c4ccc(-c5cccc6ccccc56)cc4)cccc32)cc1. The number of fused-ring (bicyclic) bond motifs is 6. The topological polar surface area (TPSA) is 3.24 Å². The van der Waals surface area contributed by atoms with Gasteiger partial charge in [-0.15, -0.1) is 0 Å². The molecule has 0 bridgehead atoms. The Morgan fingerprint density at radius 2 is 0.735 bits per heavy atom. The monoisotopic (exact) mass is 863 g/mol. The molecule has 0 radical (unpaired) electrons. The third kappa shape index (κ3) is 6.32. The lowest BCUT2D eigenvalue weighted by molar-refractivity contribution is 0.770. The Morgan fingerprint density at radius 3 is 1.40 bits per heavy atom. The van der Waals surface area contributed by atoms with Crippen molar-refractivity contribution in [3.8, 4) is 44.5 Å². The van der Waals surface area contributed by atoms with Crippen molar-refractivity contribution >= 4 is 49.4 Å². The fourth-order valence-electron chi connectivity index (χ4n) is 11.3. The van der Waals surface area contributed by atoms with Crippen LogP contribution in [0.4, 0.5) is 17.1 Å². The molecule has 12 aromatic carbocycles. The van der Waals surface area contributed by atoms with Gasteiger partial charge in [-0.25, -0.2) is 0 Å². The molecule has 0 aliphatic heterocycles. The van der Waals surface area contributed by atoms with Gasteiger partial charge in [-0.2, -0.15) is 0 Å². The first-order valence-corrected chi connectivity index (χ1v) is 23.6. The molecule has 0 heterocycles. The number of para-hydroxylation sites is 1. The summed E-state index contributed by atoms with van der Waals surface area (Å²) in [5, 5.41) is 7.46. The van der Waals surface area contributed by atoms with Crippen molar-refractivity contribution < 1.29 is 0 Å². The molecule has 318 valence electrons. The van der Waals surface area contributed by atoms with E-state index in [9.17, 15) is 0 Å². The highest BCUT2D eigenvalue weighted by molar-refractivity contribution is 6.02. The van der Waals surface area contributed by atoms with E-state index in [0.29, 0.717) is 0 Å². The molecule has 0 spiro atoms. The van der Waals surface area contributed by atoms with Gasteiger partial charge < -0.3 is 4.90 Å². The number of anilines is 3. The first kappa shape index (κ1) is 39.6. The van der Waals surface area contributed by atoms with Gasteiger partial charge in [-0.3, -0.25) is 0 Å². The highest BCUT2D eigenvalue weighted by atomic mass is 15.1. The molecule has 1 aliphatic rings. The van der Waals surface area contributed by atoms with Crippen LogP contribution in [-0.4, -0.2) is 0 Å². The number of hydrogen-bond donors (Lipinski definition) is 0. The van der Waals surface area contributed by atoms with Crippen LogP contribution >= 0.6 is 0 Å². The van der Waals surface area contributed by atoms with Gasteiger partial charge in [0.1, 0.15) is 0 Å². The third-order valence-electron chi connectivity index (χ3n) is 14.3. The summed E-state index contributed by atoms with van der Waals surface area (Å²) in [7, 11) is 0. The van der Waals surface area contributed by atoms with E-state index in [4.69, 9.17) is 0 Å². The van der Waals surface area contributed by atoms with Gasteiger partial charge in [0.05, 0.1) is 11.1 Å². The van der Waals surface area contributed by atoms with Crippen LogP contribution in [0.1, 0.15) is 22.3 Å². The molecule has 0 fully saturated rings. The second-order valence-electron chi connectivity index (χ2n) is 18.0. The molecule has 13 rings (SSSR count). The van der Waals surface area contributed by atoms with E-state index in [-0.39, 0.29) is 0 Å². The highest BCUT2D eigenvalue weighted by Crippen LogP contribution is 2.59. The van der Waals surface area contributed by atoms with E-state index < -0.39 is 5.41 Å². The quantitative estimate of drug-likeness (QED) is 0.147. The predicted molar refractivity (Wildman–Crippen MR) is 287 cm³/mol. The van der Waals surface area contributed by atoms with Crippen LogP contribution in [0.3, 0.4) is 0 Å². The minimum absolute atomic E-state index is 0.545. The summed E-state index contributed by atoms with van der Waals surface area (Å²) in [4.78, 5) is 2.45. The van der Waals surface area contributed by atoms with Crippen molar-refractivity contribution in [2.75, 3.05) is 4.90 Å². The number of hydrogen-bond acceptors (Lipinski definition) is 1. The number of benzene rings is 12. The van der Waals surface area contributed by atoms with E-state index >= 15 is 0 Å². The normalized spacial score (nSPS) is 13.9. The maximum Gasteiger partial charge on any atom is 0.0714 e. The van der Waals surface area contributed by atoms with E-state index in [0.717, 1.165) is 22.6 Å². The smallest absolute Gasteiger partial charge is 0.0714 e. The zero-order valence-corrected chi connectivity index (χ0v) is 37.4. The van der Waals surface area contributed by atoms with Crippen molar-refractivity contribution in [1.29, 1.82) is 0 Å². The summed E-state index contributed by atoms with van der Waals surface area (Å²) >= 11 is 0. The lowest BCUT2D eigenvalue weighted by Crippen LogP contribution is -2.28. The van der Waals surface area contributed by atoms with Crippen LogP contribution in [-0.2, 0) is 5.41 Å². The van der Waals surface area contributed by atoms with Crippen molar-refractivity contribution in [3.63, 3.8) is 0 Å². The zero-order chi connectivity index (χ0) is 45.0. The predicted octanol–water partition coefficient (Wildman–Crippen LogP) is 18.0. The molecule has 1 heteroatoms. The van der Waals surface area contributed by atoms with Gasteiger partial charge in [0, 0.05) is 16.9 Å². The van der Waals surface area contributed by atoms with E-state index in [2.05, 4.69) is 278 Å². The summed E-state index contributed by atoms with van der Waals surface area (Å²) in [5.74, 6) is 0. The largest absolute Gasteiger partial charge is 0.310 e. The maximum absolute atomic E-state index is 2.45. The Hall–Kier alpha value is -8.78. The standard InChI is InChI=1S/C67H45N/c1-2-23-52(24-3-1)67(53-40-35-46-17-4-5-20-51(46)45-53)63-32-12-10-28-62(63)66-61(31-16-33-64(66)67)60-27-11-13-34-65(60)68(54-41-36-49(37-42-54)58-29-14-21-47-18-6-8-25-56(47)58)55-43-38-50(39-44-55)59-30-15-22-48-19-7-9-26-57(48)59/h1-45H. The molecule has 0 amide bonds. The molecule has 1 atom stereocenters. The molecule has 0 saturated carbocycles. The zero-order valence-electron chi connectivity index (χ0n) is 37.4. The highest BCUT2D eigenvalue weighted by Gasteiger charge is 2.47. The van der Waals surface area contributed by atoms with Gasteiger partial charge in [-0.05, 0) is 130 Å². The Kier molecular flexibility index (Phi) is 9.47. The maximum atomic E-state index is 2.45. The van der Waals surface area contributed by atoms with E-state index in [1.807, 2.05) is 0 Å². The van der Waals surface area contributed by atoms with E-state index in [1.165, 1.54) is 93.5 Å². The van der Waals surface area contributed by atoms with Gasteiger partial charge in [0.2, 0.25) is 0 Å². The average Bonchev–Trinajstić information content (AvgIpc) is 3.73. The van der Waals surface area contributed by atoms with Crippen molar-refractivity contribution in [2.45, 2.75) is 5.41 Å². The second kappa shape index (κ2) is 16.3. The second-order valence-corrected chi connectivity index (χ2v) is 18.0. The summed E-state index contributed by atoms with van der Waals surface area (Å²) in [6.07, 6.45) is 0. The Morgan fingerprint density at radius 1 is 0.265 bits per heavy atom. The molecule has 1 unspecified atom stereocenters. The van der Waals surface area contributed by atoms with E-state index in [1.54, 1.807) is 0 Å². The van der Waals surface area contributed by atoms with Gasteiger partial charge in [-0.1, -0.05) is 237 Å². The van der Waals surface area contributed by atoms with Crippen LogP contribution < -0.4 is 4.90 Å². The minimum Gasteiger partial charge on any atom is -0.310 e. The van der Waals surface area contributed by atoms with Crippen molar-refractivity contribution in [3.05, 3.63) is 295 Å². The van der Waals surface area contributed by atoms with Crippen molar-refractivity contribution in [1.82, 2.24) is 0 Å². The molecule has 12 aromatic rings. The number of nitrogens with zero attached hydrogens (tertiary/aromatic N) is 1. The van der Waals surface area contributed by atoms with Gasteiger partial charge in [0.25, 0.3) is 0 Å². The lowest BCUT2D eigenvalue weighted by Gasteiger charge is -2.34. The average molecular weight is 864 g/mol. The van der Waals surface area contributed by atoms with Crippen LogP contribution in [0.15, 0.2) is 273 Å². The molecule has 68 heavy (non-hydrogen) atoms. The molecule has 1 nitrogen and oxygen atoms in total. The summed E-state index contributed by atoms with van der Waals surface area (Å²) in [6.45, 7) is 0. The van der Waals surface area contributed by atoms with Gasteiger partial charge in [0.15, 0.2) is 0 Å². The lowest BCUT2D eigenvalue weighted by atomic mass is 9.67. The summed E-state index contributed by atoms with van der Waals surface area (Å²) < 4.78 is 0. The first-order chi connectivity index (χ1) is 33.7. The Balaban J connectivity index is 1.02. The molecule has 0 aromatic heterocycles. The fraction of sp³-hybridized carbons (Fsp3) is 0.0149. The fourth-order valence-corrected chi connectivity index (χ4v) is 11.3. The van der Waals surface area contributed by atoms with Crippen LogP contribution in [0.5, 0.6) is 0 Å². The van der Waals surface area contributed by atoms with Crippen LogP contribution in [0.2, 0.25) is 0 Å². The molecular weight excluding hydrogens is 819 g/mol. The first-order valence-electron chi connectivity index (χ1n) is 23.6. The molecule has 1 aliphatic carbocycles. The van der Waals surface area contributed by atoms with Crippen LogP contribution in [0, 0.1) is 0 Å². The van der Waals surface area contributed by atoms with Crippen molar-refractivity contribution in [2.24, 2.45) is 0 Å². The third-order valence-corrected chi connectivity index (χ3v) is 14.3. The Labute approximate surface area is 397 Å². The van der Waals surface area contributed by atoms with Gasteiger partial charge >= 0.3 is 0 Å². The molecule has 0 saturated heterocycles. The Bertz CT molecular complexity index is 3710. The summed E-state index contributed by atoms with van der Waals surface area (Å²) in [6, 6.07) is 101. The summed E-state index contributed by atoms with van der Waals surface area (Å²) in [5.41, 5.74) is 17.6. The number of rotatable bonds is 8. The molecule has 0 N–H and O–H groups in total. The molecular formula is C67H45N. The van der Waals surface area contributed by atoms with Crippen LogP contribution in [0.25, 0.3) is 76.8 Å².